The smallest absolute Gasteiger partial charge is 0.191 e. The van der Waals surface area contributed by atoms with Crippen molar-refractivity contribution >= 4 is 14.1 Å². The number of hydrogen-bond acceptors (Lipinski definition) is 3. The van der Waals surface area contributed by atoms with Crippen LogP contribution in [0.3, 0.4) is 0 Å². The van der Waals surface area contributed by atoms with Crippen molar-refractivity contribution in [2.45, 2.75) is 110 Å². The first-order chi connectivity index (χ1) is 14.4. The van der Waals surface area contributed by atoms with Crippen molar-refractivity contribution in [2.24, 2.45) is 34.5 Å². The van der Waals surface area contributed by atoms with Gasteiger partial charge >= 0.3 is 0 Å². The highest BCUT2D eigenvalue weighted by Gasteiger charge is 2.68. The molecule has 0 amide bonds. The van der Waals surface area contributed by atoms with Crippen LogP contribution in [0.1, 0.15) is 79.6 Å². The van der Waals surface area contributed by atoms with Gasteiger partial charge in [0.05, 0.1) is 6.10 Å². The second kappa shape index (κ2) is 7.02. The van der Waals surface area contributed by atoms with E-state index < -0.39 is 8.32 Å². The van der Waals surface area contributed by atoms with Crippen LogP contribution in [0.2, 0.25) is 18.1 Å². The number of carbonyl (C=O) groups is 1. The van der Waals surface area contributed by atoms with E-state index in [0.29, 0.717) is 29.1 Å². The van der Waals surface area contributed by atoms with Gasteiger partial charge in [-0.15, -0.1) is 0 Å². The molecule has 0 spiro atoms. The second-order valence-electron chi connectivity index (χ2n) is 13.5. The van der Waals surface area contributed by atoms with Gasteiger partial charge in [0.15, 0.2) is 14.1 Å². The Kier molecular flexibility index (Phi) is 5.06. The Morgan fingerprint density at radius 2 is 1.87 bits per heavy atom. The van der Waals surface area contributed by atoms with Crippen molar-refractivity contribution in [2.75, 3.05) is 6.61 Å². The van der Waals surface area contributed by atoms with Crippen molar-refractivity contribution < 1.29 is 14.0 Å². The molecule has 4 unspecified atom stereocenters. The Labute approximate surface area is 190 Å². The topological polar surface area (TPSA) is 38.8 Å². The zero-order valence-corrected chi connectivity index (χ0v) is 21.9. The summed E-state index contributed by atoms with van der Waals surface area (Å²) in [6.45, 7) is 17.8. The molecule has 4 heteroatoms. The van der Waals surface area contributed by atoms with Gasteiger partial charge in [0.1, 0.15) is 6.10 Å². The van der Waals surface area contributed by atoms with Gasteiger partial charge in [0.2, 0.25) is 0 Å². The Bertz CT molecular complexity index is 795. The number of epoxide rings is 1. The maximum atomic E-state index is 12.2. The Balaban J connectivity index is 1.31. The van der Waals surface area contributed by atoms with Gasteiger partial charge in [-0.25, -0.2) is 0 Å². The van der Waals surface area contributed by atoms with E-state index in [1.165, 1.54) is 37.7 Å². The van der Waals surface area contributed by atoms with Crippen LogP contribution in [0.5, 0.6) is 0 Å². The van der Waals surface area contributed by atoms with Gasteiger partial charge < -0.3 is 9.16 Å². The molecule has 0 aromatic rings. The van der Waals surface area contributed by atoms with Gasteiger partial charge in [-0.05, 0) is 103 Å². The molecule has 1 saturated heterocycles. The van der Waals surface area contributed by atoms with Crippen molar-refractivity contribution in [3.63, 3.8) is 0 Å². The third-order valence-corrected chi connectivity index (χ3v) is 15.7. The molecule has 0 bridgehead atoms. The van der Waals surface area contributed by atoms with E-state index in [9.17, 15) is 4.79 Å². The van der Waals surface area contributed by atoms with Gasteiger partial charge in [-0.2, -0.15) is 0 Å². The first-order valence-electron chi connectivity index (χ1n) is 12.9. The lowest BCUT2D eigenvalue weighted by Gasteiger charge is -2.56. The van der Waals surface area contributed by atoms with E-state index in [-0.39, 0.29) is 16.6 Å². The van der Waals surface area contributed by atoms with Crippen molar-refractivity contribution in [1.29, 1.82) is 0 Å². The highest BCUT2D eigenvalue weighted by molar-refractivity contribution is 6.74. The van der Waals surface area contributed by atoms with Crippen molar-refractivity contribution in [3.05, 3.63) is 11.6 Å². The summed E-state index contributed by atoms with van der Waals surface area (Å²) in [5, 5.41) is 0.287. The van der Waals surface area contributed by atoms with Gasteiger partial charge in [0, 0.05) is 13.0 Å². The van der Waals surface area contributed by atoms with Crippen LogP contribution >= 0.6 is 0 Å². The SMILES string of the molecule is CC(C)(C)[Si](C)(C)OCCC1CCC2C3C(CC[C@]12C)[C@@]1(C)CCC(=O)C=C1[C@H]1O[C@@H]31. The van der Waals surface area contributed by atoms with Gasteiger partial charge in [0.25, 0.3) is 0 Å². The van der Waals surface area contributed by atoms with E-state index in [0.717, 1.165) is 31.3 Å². The minimum absolute atomic E-state index is 0.196. The van der Waals surface area contributed by atoms with Crippen LogP contribution in [0.25, 0.3) is 0 Å². The fourth-order valence-electron chi connectivity index (χ4n) is 8.06. The molecule has 0 radical (unpaired) electrons. The molecule has 4 aliphatic carbocycles. The molecule has 0 aromatic heterocycles. The average molecular weight is 445 g/mol. The minimum Gasteiger partial charge on any atom is -0.417 e. The number of ether oxygens (including phenoxy) is 1. The zero-order chi connectivity index (χ0) is 22.4. The molecule has 31 heavy (non-hydrogen) atoms. The Morgan fingerprint density at radius 1 is 1.13 bits per heavy atom. The molecule has 174 valence electrons. The first kappa shape index (κ1) is 22.3. The van der Waals surface area contributed by atoms with Crippen LogP contribution < -0.4 is 0 Å². The number of rotatable bonds is 4. The number of fused-ring (bicyclic) bond motifs is 8. The third-order valence-electron chi connectivity index (χ3n) is 11.2. The monoisotopic (exact) mass is 444 g/mol. The van der Waals surface area contributed by atoms with E-state index >= 15 is 0 Å². The zero-order valence-electron chi connectivity index (χ0n) is 20.9. The summed E-state index contributed by atoms with van der Waals surface area (Å²) in [4.78, 5) is 12.2. The summed E-state index contributed by atoms with van der Waals surface area (Å²) in [5.41, 5.74) is 1.99. The predicted octanol–water partition coefficient (Wildman–Crippen LogP) is 6.53. The summed E-state index contributed by atoms with van der Waals surface area (Å²) in [5.74, 6) is 3.30. The quantitative estimate of drug-likeness (QED) is 0.365. The summed E-state index contributed by atoms with van der Waals surface area (Å²) < 4.78 is 12.9. The molecule has 1 aliphatic heterocycles. The van der Waals surface area contributed by atoms with Crippen LogP contribution in [0.4, 0.5) is 0 Å². The molecule has 3 saturated carbocycles. The average Bonchev–Trinajstić information content (AvgIpc) is 3.39. The van der Waals surface area contributed by atoms with Crippen LogP contribution in [-0.4, -0.2) is 32.9 Å². The fraction of sp³-hybridized carbons (Fsp3) is 0.889. The molecule has 0 N–H and O–H groups in total. The number of ketones is 1. The molecule has 0 aromatic carbocycles. The molecular formula is C27H44O3Si. The molecule has 4 fully saturated rings. The minimum atomic E-state index is -1.67. The van der Waals surface area contributed by atoms with Crippen molar-refractivity contribution in [3.8, 4) is 0 Å². The Hall–Kier alpha value is -0.453. The van der Waals surface area contributed by atoms with E-state index in [4.69, 9.17) is 9.16 Å². The molecule has 5 rings (SSSR count). The summed E-state index contributed by atoms with van der Waals surface area (Å²) in [6, 6.07) is 0. The van der Waals surface area contributed by atoms with E-state index in [1.54, 1.807) is 0 Å². The number of hydrogen-bond donors (Lipinski definition) is 0. The highest BCUT2D eigenvalue weighted by Crippen LogP contribution is 2.70. The van der Waals surface area contributed by atoms with E-state index in [1.807, 2.05) is 6.08 Å². The summed E-state index contributed by atoms with van der Waals surface area (Å²) in [7, 11) is -1.67. The maximum Gasteiger partial charge on any atom is 0.191 e. The predicted molar refractivity (Wildman–Crippen MR) is 127 cm³/mol. The normalized spacial score (nSPS) is 46.5. The van der Waals surface area contributed by atoms with Crippen LogP contribution in [0.15, 0.2) is 11.6 Å². The fourth-order valence-corrected chi connectivity index (χ4v) is 9.12. The number of carbonyl (C=O) groups excluding carboxylic acids is 1. The van der Waals surface area contributed by atoms with Crippen LogP contribution in [0, 0.1) is 34.5 Å². The van der Waals surface area contributed by atoms with E-state index in [2.05, 4.69) is 47.7 Å². The lowest BCUT2D eigenvalue weighted by atomic mass is 9.47. The molecule has 3 nitrogen and oxygen atoms in total. The lowest BCUT2D eigenvalue weighted by Crippen LogP contribution is -2.53. The first-order valence-corrected chi connectivity index (χ1v) is 15.8. The van der Waals surface area contributed by atoms with Gasteiger partial charge in [-0.1, -0.05) is 34.6 Å². The summed E-state index contributed by atoms with van der Waals surface area (Å²) in [6.07, 6.45) is 11.0. The second-order valence-corrected chi connectivity index (χ2v) is 18.3. The Morgan fingerprint density at radius 3 is 2.58 bits per heavy atom. The molecular weight excluding hydrogens is 400 g/mol. The molecule has 1 heterocycles. The van der Waals surface area contributed by atoms with Crippen LogP contribution in [-0.2, 0) is 14.0 Å². The largest absolute Gasteiger partial charge is 0.417 e. The van der Waals surface area contributed by atoms with Gasteiger partial charge in [-0.3, -0.25) is 4.79 Å². The lowest BCUT2D eigenvalue weighted by molar-refractivity contribution is -0.117. The maximum absolute atomic E-state index is 12.2. The molecule has 5 aliphatic rings. The standard InChI is InChI=1S/C27H44O3Si/c1-25(2,3)31(6,7)29-15-12-17-8-9-19-22-20(11-14-26(17,19)4)27(5)13-10-18(28)16-21(27)23-24(22)30-23/h16-17,19-20,22-24H,8-15H2,1-7H3/t17?,19?,20?,22?,23-,24+,26-,27-/m1/s1. The summed E-state index contributed by atoms with van der Waals surface area (Å²) >= 11 is 0. The third kappa shape index (κ3) is 3.29. The molecule has 8 atom stereocenters. The van der Waals surface area contributed by atoms with Crippen molar-refractivity contribution in [1.82, 2.24) is 0 Å². The highest BCUT2D eigenvalue weighted by atomic mass is 28.4.